The number of ketones is 1. The fourth-order valence-electron chi connectivity index (χ4n) is 3.37. The molecule has 6 nitrogen and oxygen atoms in total. The predicted octanol–water partition coefficient (Wildman–Crippen LogP) is 0.457. The van der Waals surface area contributed by atoms with E-state index in [1.54, 1.807) is 35.4 Å². The van der Waals surface area contributed by atoms with Gasteiger partial charge in [0.25, 0.3) is 11.7 Å². The summed E-state index contributed by atoms with van der Waals surface area (Å²) in [6.07, 6.45) is 2.52. The van der Waals surface area contributed by atoms with Crippen LogP contribution in [0.15, 0.2) is 60.3 Å². The maximum atomic E-state index is 12.8. The average Bonchev–Trinajstić information content (AvgIpc) is 2.93. The lowest BCUT2D eigenvalue weighted by atomic mass is 9.98. The third-order valence-corrected chi connectivity index (χ3v) is 4.69. The second kappa shape index (κ2) is 8.14. The minimum atomic E-state index is -0.643. The lowest BCUT2D eigenvalue weighted by molar-refractivity contribution is -0.858. The molecule has 1 aliphatic rings. The summed E-state index contributed by atoms with van der Waals surface area (Å²) in [5.74, 6) is -1.35. The Kier molecular flexibility index (Phi) is 5.66. The summed E-state index contributed by atoms with van der Waals surface area (Å²) < 4.78 is 0. The molecule has 3 rings (SSSR count). The molecule has 1 saturated heterocycles. The molecular formula is C21H25N3O3+2. The van der Waals surface area contributed by atoms with E-state index in [-0.39, 0.29) is 11.3 Å². The number of aromatic nitrogens is 1. The van der Waals surface area contributed by atoms with E-state index in [1.165, 1.54) is 4.90 Å². The summed E-state index contributed by atoms with van der Waals surface area (Å²) >= 11 is 0. The van der Waals surface area contributed by atoms with Gasteiger partial charge in [-0.05, 0) is 0 Å². The summed E-state index contributed by atoms with van der Waals surface area (Å²) in [7, 11) is 4.10. The minimum absolute atomic E-state index is 0.130. The van der Waals surface area contributed by atoms with Crippen LogP contribution in [0.3, 0.4) is 0 Å². The van der Waals surface area contributed by atoms with Crippen molar-refractivity contribution in [3.63, 3.8) is 0 Å². The molecule has 1 aliphatic heterocycles. The van der Waals surface area contributed by atoms with Crippen molar-refractivity contribution >= 4 is 17.4 Å². The molecule has 1 fully saturated rings. The zero-order chi connectivity index (χ0) is 19.4. The normalized spacial score (nSPS) is 19.1. The van der Waals surface area contributed by atoms with Crippen molar-refractivity contribution in [2.75, 3.05) is 27.2 Å². The number of hydrogen-bond donors (Lipinski definition) is 2. The van der Waals surface area contributed by atoms with Gasteiger partial charge in [0.1, 0.15) is 11.8 Å². The molecule has 0 aliphatic carbocycles. The van der Waals surface area contributed by atoms with Crippen molar-refractivity contribution in [3.8, 4) is 0 Å². The maximum Gasteiger partial charge on any atom is 0.295 e. The van der Waals surface area contributed by atoms with Gasteiger partial charge < -0.3 is 14.9 Å². The van der Waals surface area contributed by atoms with E-state index in [2.05, 4.69) is 4.98 Å². The quantitative estimate of drug-likeness (QED) is 0.442. The van der Waals surface area contributed by atoms with Gasteiger partial charge in [-0.25, -0.2) is 4.98 Å². The van der Waals surface area contributed by atoms with E-state index in [9.17, 15) is 14.7 Å². The Labute approximate surface area is 158 Å². The molecule has 1 atom stereocenters. The second-order valence-corrected chi connectivity index (χ2v) is 6.99. The van der Waals surface area contributed by atoms with Crippen LogP contribution in [0.1, 0.15) is 23.7 Å². The number of rotatable bonds is 6. The van der Waals surface area contributed by atoms with Gasteiger partial charge in [-0.3, -0.25) is 9.59 Å². The summed E-state index contributed by atoms with van der Waals surface area (Å²) in [6.45, 7) is 1.33. The van der Waals surface area contributed by atoms with Gasteiger partial charge in [-0.2, -0.15) is 0 Å². The Balaban J connectivity index is 2.05. The molecule has 0 bridgehead atoms. The molecule has 6 heteroatoms. The molecule has 2 aromatic rings. The molecule has 140 valence electrons. The first-order chi connectivity index (χ1) is 13.0. The van der Waals surface area contributed by atoms with Gasteiger partial charge in [-0.15, -0.1) is 0 Å². The average molecular weight is 367 g/mol. The van der Waals surface area contributed by atoms with Crippen LogP contribution in [0.5, 0.6) is 0 Å². The molecular weight excluding hydrogens is 342 g/mol. The highest BCUT2D eigenvalue weighted by atomic mass is 16.3. The van der Waals surface area contributed by atoms with Gasteiger partial charge in [-0.1, -0.05) is 36.4 Å². The number of carbonyl (C=O) groups is 2. The maximum absolute atomic E-state index is 12.8. The number of hydrogen-bond acceptors (Lipinski definition) is 3. The van der Waals surface area contributed by atoms with Crippen LogP contribution in [0.2, 0.25) is 0 Å². The van der Waals surface area contributed by atoms with Crippen molar-refractivity contribution in [2.24, 2.45) is 0 Å². The zero-order valence-electron chi connectivity index (χ0n) is 15.6. The highest BCUT2D eigenvalue weighted by Crippen LogP contribution is 2.37. The Morgan fingerprint density at radius 2 is 1.81 bits per heavy atom. The van der Waals surface area contributed by atoms with Crippen LogP contribution in [0.4, 0.5) is 0 Å². The number of quaternary nitrogens is 1. The molecule has 1 amide bonds. The van der Waals surface area contributed by atoms with Crippen molar-refractivity contribution in [3.05, 3.63) is 71.6 Å². The van der Waals surface area contributed by atoms with Crippen molar-refractivity contribution < 1.29 is 24.6 Å². The van der Waals surface area contributed by atoms with E-state index < -0.39 is 17.7 Å². The lowest BCUT2D eigenvalue weighted by Gasteiger charge is -2.22. The van der Waals surface area contributed by atoms with Crippen molar-refractivity contribution in [2.45, 2.75) is 12.5 Å². The summed E-state index contributed by atoms with van der Waals surface area (Å²) in [4.78, 5) is 31.5. The number of aliphatic hydroxyl groups excluding tert-OH is 1. The number of aliphatic hydroxyl groups is 1. The number of carbonyl (C=O) groups excluding carboxylic acids is 2. The predicted molar refractivity (Wildman–Crippen MR) is 101 cm³/mol. The first-order valence-corrected chi connectivity index (χ1v) is 9.10. The van der Waals surface area contributed by atoms with Crippen LogP contribution in [0.25, 0.3) is 5.76 Å². The van der Waals surface area contributed by atoms with Crippen LogP contribution < -0.4 is 9.88 Å². The van der Waals surface area contributed by atoms with E-state index in [4.69, 9.17) is 0 Å². The van der Waals surface area contributed by atoms with Crippen LogP contribution >= 0.6 is 0 Å². The van der Waals surface area contributed by atoms with Gasteiger partial charge >= 0.3 is 0 Å². The highest BCUT2D eigenvalue weighted by Gasteiger charge is 2.48. The van der Waals surface area contributed by atoms with Crippen molar-refractivity contribution in [1.82, 2.24) is 4.90 Å². The largest absolute Gasteiger partial charge is 0.507 e. The Bertz CT molecular complexity index is 847. The first-order valence-electron chi connectivity index (χ1n) is 9.10. The number of pyridine rings is 1. The lowest BCUT2D eigenvalue weighted by Crippen LogP contribution is -3.05. The number of nitrogens with zero attached hydrogens (tertiary/aromatic N) is 1. The minimum Gasteiger partial charge on any atom is -0.507 e. The van der Waals surface area contributed by atoms with E-state index >= 15 is 0 Å². The topological polar surface area (TPSA) is 76.2 Å². The summed E-state index contributed by atoms with van der Waals surface area (Å²) in [5.41, 5.74) is 1.35. The monoisotopic (exact) mass is 367 g/mol. The summed E-state index contributed by atoms with van der Waals surface area (Å²) in [5, 5.41) is 10.8. The number of benzene rings is 1. The molecule has 2 heterocycles. The van der Waals surface area contributed by atoms with Gasteiger partial charge in [0, 0.05) is 30.7 Å². The smallest absolute Gasteiger partial charge is 0.295 e. The van der Waals surface area contributed by atoms with E-state index in [0.29, 0.717) is 17.8 Å². The third-order valence-electron chi connectivity index (χ3n) is 4.69. The van der Waals surface area contributed by atoms with Crippen LogP contribution in [-0.2, 0) is 9.59 Å². The molecule has 0 saturated carbocycles. The number of likely N-dealkylation sites (tertiary alicyclic amines) is 1. The van der Waals surface area contributed by atoms with E-state index in [1.807, 2.05) is 38.4 Å². The number of aromatic amines is 1. The molecule has 1 aromatic heterocycles. The highest BCUT2D eigenvalue weighted by molar-refractivity contribution is 6.46. The molecule has 1 aromatic carbocycles. The summed E-state index contributed by atoms with van der Waals surface area (Å²) in [6, 6.07) is 13.8. The number of nitrogens with one attached hydrogen (secondary N) is 2. The molecule has 1 unspecified atom stereocenters. The van der Waals surface area contributed by atoms with Gasteiger partial charge in [0.15, 0.2) is 6.20 Å². The molecule has 0 spiro atoms. The van der Waals surface area contributed by atoms with E-state index in [0.717, 1.165) is 13.0 Å². The van der Waals surface area contributed by atoms with Crippen LogP contribution in [-0.4, -0.2) is 48.9 Å². The van der Waals surface area contributed by atoms with Crippen molar-refractivity contribution in [1.29, 1.82) is 0 Å². The fourth-order valence-corrected chi connectivity index (χ4v) is 3.37. The number of amides is 1. The number of H-pyrrole nitrogens is 1. The van der Waals surface area contributed by atoms with Gasteiger partial charge in [0.2, 0.25) is 5.69 Å². The Hall–Kier alpha value is -2.99. The van der Waals surface area contributed by atoms with Gasteiger partial charge in [0.05, 0.1) is 26.2 Å². The standard InChI is InChI=1S/C21H23N3O3/c1-23(2)13-8-14-24-18(16-11-6-7-12-22-16)17(20(26)21(24)27)19(25)15-9-4-3-5-10-15/h3-7,9-12,18,25H,8,13-14H2,1-2H3/p+2. The Morgan fingerprint density at radius 1 is 1.11 bits per heavy atom. The number of Topliss-reactive ketones (excluding diaryl/α,β-unsaturated/α-hetero) is 1. The molecule has 3 N–H and O–H groups in total. The second-order valence-electron chi connectivity index (χ2n) is 6.99. The first kappa shape index (κ1) is 18.8. The SMILES string of the molecule is C[NH+](C)CCCN1C(=O)C(=O)C(=C(O)c2ccccc2)C1c1cccc[nH+]1. The molecule has 27 heavy (non-hydrogen) atoms. The van der Waals surface area contributed by atoms with Crippen LogP contribution in [0, 0.1) is 0 Å². The molecule has 0 radical (unpaired) electrons. The third kappa shape index (κ3) is 3.90. The fraction of sp³-hybridized carbons (Fsp3) is 0.286. The zero-order valence-corrected chi connectivity index (χ0v) is 15.6. The Morgan fingerprint density at radius 3 is 2.44 bits per heavy atom.